The number of nitrogens with zero attached hydrogens (tertiary/aromatic N) is 2. The molecule has 0 radical (unpaired) electrons. The maximum absolute atomic E-state index is 5.69. The second-order valence-electron chi connectivity index (χ2n) is 4.31. The van der Waals surface area contributed by atoms with Crippen LogP contribution in [0.15, 0.2) is 30.3 Å². The summed E-state index contributed by atoms with van der Waals surface area (Å²) in [7, 11) is 0. The summed E-state index contributed by atoms with van der Waals surface area (Å²) in [5, 5.41) is 0. The number of aromatic nitrogens is 3. The molecule has 0 saturated heterocycles. The van der Waals surface area contributed by atoms with Crippen LogP contribution in [0.5, 0.6) is 0 Å². The van der Waals surface area contributed by atoms with Crippen molar-refractivity contribution in [2.75, 3.05) is 5.73 Å². The van der Waals surface area contributed by atoms with E-state index in [2.05, 4.69) is 27.1 Å². The Labute approximate surface area is 104 Å². The predicted octanol–water partition coefficient (Wildman–Crippen LogP) is 2.20. The number of anilines is 1. The second kappa shape index (κ2) is 3.63. The number of nitrogens with two attached hydrogens (primary N) is 1. The Morgan fingerprint density at radius 1 is 1.18 bits per heavy atom. The van der Waals surface area contributed by atoms with Crippen LogP contribution in [0.4, 0.5) is 5.95 Å². The lowest BCUT2D eigenvalue weighted by Gasteiger charge is -2.14. The SMILES string of the molecule is Nc1nc(=S)nc(C2(c3ccccc3)CC2)[nH]1. The van der Waals surface area contributed by atoms with Crippen LogP contribution in [-0.2, 0) is 5.41 Å². The Balaban J connectivity index is 2.12. The van der Waals surface area contributed by atoms with Gasteiger partial charge in [-0.2, -0.15) is 4.98 Å². The Morgan fingerprint density at radius 3 is 2.47 bits per heavy atom. The van der Waals surface area contributed by atoms with Crippen LogP contribution >= 0.6 is 12.2 Å². The van der Waals surface area contributed by atoms with Gasteiger partial charge >= 0.3 is 0 Å². The standard InChI is InChI=1S/C12H12N4S/c13-10-14-9(15-11(17)16-10)12(6-7-12)8-4-2-1-3-5-8/h1-5H,6-7H2,(H3,13,14,15,16,17). The van der Waals surface area contributed by atoms with Crippen LogP contribution in [0.3, 0.4) is 0 Å². The van der Waals surface area contributed by atoms with Crippen molar-refractivity contribution in [2.45, 2.75) is 18.3 Å². The van der Waals surface area contributed by atoms with E-state index in [0.29, 0.717) is 10.7 Å². The summed E-state index contributed by atoms with van der Waals surface area (Å²) in [6, 6.07) is 10.3. The van der Waals surface area contributed by atoms with Gasteiger partial charge in [0.25, 0.3) is 0 Å². The topological polar surface area (TPSA) is 67.6 Å². The van der Waals surface area contributed by atoms with Gasteiger partial charge in [-0.25, -0.2) is 4.98 Å². The number of hydrogen-bond donors (Lipinski definition) is 2. The fourth-order valence-corrected chi connectivity index (χ4v) is 2.36. The largest absolute Gasteiger partial charge is 0.369 e. The minimum Gasteiger partial charge on any atom is -0.369 e. The highest BCUT2D eigenvalue weighted by Gasteiger charge is 2.48. The van der Waals surface area contributed by atoms with Gasteiger partial charge < -0.3 is 10.7 Å². The smallest absolute Gasteiger partial charge is 0.224 e. The molecular formula is C12H12N4S. The third-order valence-corrected chi connectivity index (χ3v) is 3.38. The molecule has 0 spiro atoms. The minimum absolute atomic E-state index is 0.0358. The minimum atomic E-state index is -0.0358. The zero-order valence-corrected chi connectivity index (χ0v) is 10.00. The molecule has 1 fully saturated rings. The summed E-state index contributed by atoms with van der Waals surface area (Å²) >= 11 is 5.01. The Morgan fingerprint density at radius 2 is 1.88 bits per heavy atom. The Bertz CT molecular complexity index is 601. The van der Waals surface area contributed by atoms with Crippen LogP contribution in [0.25, 0.3) is 0 Å². The molecule has 0 atom stereocenters. The average Bonchev–Trinajstić information content (AvgIpc) is 3.10. The molecule has 86 valence electrons. The maximum atomic E-state index is 5.69. The van der Waals surface area contributed by atoms with E-state index >= 15 is 0 Å². The van der Waals surface area contributed by atoms with E-state index in [1.54, 1.807) is 0 Å². The average molecular weight is 244 g/mol. The Hall–Kier alpha value is -1.75. The molecule has 1 saturated carbocycles. The molecule has 0 aliphatic heterocycles. The van der Waals surface area contributed by atoms with Gasteiger partial charge in [0.2, 0.25) is 10.7 Å². The van der Waals surface area contributed by atoms with Crippen LogP contribution in [0.2, 0.25) is 0 Å². The summed E-state index contributed by atoms with van der Waals surface area (Å²) in [5.41, 5.74) is 6.91. The van der Waals surface area contributed by atoms with E-state index in [9.17, 15) is 0 Å². The highest BCUT2D eigenvalue weighted by Crippen LogP contribution is 2.51. The number of rotatable bonds is 2. The predicted molar refractivity (Wildman–Crippen MR) is 68.1 cm³/mol. The van der Waals surface area contributed by atoms with Crippen LogP contribution in [0, 0.1) is 4.77 Å². The van der Waals surface area contributed by atoms with Gasteiger partial charge in [-0.1, -0.05) is 30.3 Å². The molecule has 1 aliphatic rings. The van der Waals surface area contributed by atoms with Crippen molar-refractivity contribution in [3.8, 4) is 0 Å². The van der Waals surface area contributed by atoms with E-state index in [1.807, 2.05) is 18.2 Å². The van der Waals surface area contributed by atoms with Crippen LogP contribution in [-0.4, -0.2) is 15.0 Å². The number of hydrogen-bond acceptors (Lipinski definition) is 4. The number of nitrogen functional groups attached to an aromatic ring is 1. The molecule has 1 aliphatic carbocycles. The number of aromatic amines is 1. The van der Waals surface area contributed by atoms with E-state index in [0.717, 1.165) is 18.7 Å². The van der Waals surface area contributed by atoms with Crippen LogP contribution < -0.4 is 5.73 Å². The van der Waals surface area contributed by atoms with Crippen molar-refractivity contribution in [1.82, 2.24) is 15.0 Å². The quantitative estimate of drug-likeness (QED) is 0.795. The summed E-state index contributed by atoms with van der Waals surface area (Å²) < 4.78 is 0.304. The highest BCUT2D eigenvalue weighted by atomic mass is 32.1. The lowest BCUT2D eigenvalue weighted by Crippen LogP contribution is -2.15. The van der Waals surface area contributed by atoms with Gasteiger partial charge in [0.1, 0.15) is 5.82 Å². The molecule has 3 N–H and O–H groups in total. The summed E-state index contributed by atoms with van der Waals surface area (Å²) in [6.45, 7) is 0. The third-order valence-electron chi connectivity index (χ3n) is 3.20. The molecule has 0 amide bonds. The fourth-order valence-electron chi connectivity index (χ4n) is 2.17. The number of benzene rings is 1. The molecule has 4 nitrogen and oxygen atoms in total. The first-order valence-electron chi connectivity index (χ1n) is 5.51. The molecular weight excluding hydrogens is 232 g/mol. The molecule has 17 heavy (non-hydrogen) atoms. The van der Waals surface area contributed by atoms with E-state index in [1.165, 1.54) is 5.56 Å². The lowest BCUT2D eigenvalue weighted by atomic mass is 9.95. The van der Waals surface area contributed by atoms with Gasteiger partial charge in [0.05, 0.1) is 5.41 Å². The highest BCUT2D eigenvalue weighted by molar-refractivity contribution is 7.71. The molecule has 0 unspecified atom stereocenters. The van der Waals surface area contributed by atoms with Gasteiger partial charge in [0, 0.05) is 0 Å². The molecule has 0 bridgehead atoms. The number of nitrogens with one attached hydrogen (secondary N) is 1. The van der Waals surface area contributed by atoms with E-state index in [-0.39, 0.29) is 5.41 Å². The molecule has 1 aromatic carbocycles. The molecule has 1 aromatic heterocycles. The maximum Gasteiger partial charge on any atom is 0.224 e. The first kappa shape index (κ1) is 10.4. The van der Waals surface area contributed by atoms with E-state index < -0.39 is 0 Å². The van der Waals surface area contributed by atoms with Crippen molar-refractivity contribution in [2.24, 2.45) is 0 Å². The first-order valence-corrected chi connectivity index (χ1v) is 5.91. The van der Waals surface area contributed by atoms with Gasteiger partial charge in [-0.05, 0) is 30.6 Å². The molecule has 1 heterocycles. The number of H-pyrrole nitrogens is 1. The fraction of sp³-hybridized carbons (Fsp3) is 0.250. The molecule has 5 heteroatoms. The Kier molecular flexibility index (Phi) is 2.22. The zero-order chi connectivity index (χ0) is 11.9. The lowest BCUT2D eigenvalue weighted by molar-refractivity contribution is 0.741. The van der Waals surface area contributed by atoms with Crippen molar-refractivity contribution in [1.29, 1.82) is 0 Å². The first-order chi connectivity index (χ1) is 8.21. The van der Waals surface area contributed by atoms with Gasteiger partial charge in [-0.15, -0.1) is 0 Å². The molecule has 3 rings (SSSR count). The van der Waals surface area contributed by atoms with E-state index in [4.69, 9.17) is 18.0 Å². The second-order valence-corrected chi connectivity index (χ2v) is 4.68. The summed E-state index contributed by atoms with van der Waals surface area (Å²) in [6.07, 6.45) is 2.14. The molecule has 2 aromatic rings. The zero-order valence-electron chi connectivity index (χ0n) is 9.18. The normalized spacial score (nSPS) is 16.7. The summed E-state index contributed by atoms with van der Waals surface area (Å²) in [4.78, 5) is 11.2. The van der Waals surface area contributed by atoms with Gasteiger partial charge in [-0.3, -0.25) is 0 Å². The van der Waals surface area contributed by atoms with Crippen molar-refractivity contribution < 1.29 is 0 Å². The van der Waals surface area contributed by atoms with Gasteiger partial charge in [0.15, 0.2) is 0 Å². The van der Waals surface area contributed by atoms with Crippen molar-refractivity contribution in [3.05, 3.63) is 46.5 Å². The van der Waals surface area contributed by atoms with Crippen molar-refractivity contribution >= 4 is 18.2 Å². The van der Waals surface area contributed by atoms with Crippen LogP contribution in [0.1, 0.15) is 24.2 Å². The third kappa shape index (κ3) is 1.72. The summed E-state index contributed by atoms with van der Waals surface area (Å²) in [5.74, 6) is 1.17. The van der Waals surface area contributed by atoms with Crippen molar-refractivity contribution in [3.63, 3.8) is 0 Å². The monoisotopic (exact) mass is 244 g/mol.